The summed E-state index contributed by atoms with van der Waals surface area (Å²) in [7, 11) is 2.71. The number of anilines is 1. The molecule has 7 aromatic heterocycles. The first-order chi connectivity index (χ1) is 56.5. The predicted octanol–water partition coefficient (Wildman–Crippen LogP) is 7.93. The summed E-state index contributed by atoms with van der Waals surface area (Å²) in [6, 6.07) is 26.0. The van der Waals surface area contributed by atoms with E-state index in [0.717, 1.165) is 67.0 Å². The van der Waals surface area contributed by atoms with E-state index in [0.29, 0.717) is 39.3 Å². The van der Waals surface area contributed by atoms with Crippen molar-refractivity contribution in [2.75, 3.05) is 46.1 Å². The van der Waals surface area contributed by atoms with Crippen LogP contribution in [0.5, 0.6) is 5.88 Å². The number of methoxy groups -OCH3 is 2. The molecule has 9 heterocycles. The molecule has 2 aliphatic heterocycles. The lowest BCUT2D eigenvalue weighted by molar-refractivity contribution is -0.385. The molecule has 45 nitrogen and oxygen atoms in total. The zero-order valence-corrected chi connectivity index (χ0v) is 63.3. The maximum Gasteiger partial charge on any atom is 0.488 e. The van der Waals surface area contributed by atoms with Gasteiger partial charge >= 0.3 is 59.2 Å². The second-order valence-corrected chi connectivity index (χ2v) is 24.4. The van der Waals surface area contributed by atoms with E-state index in [1.54, 1.807) is 6.92 Å². The summed E-state index contributed by atoms with van der Waals surface area (Å²) in [6.07, 6.45) is 14.7. The van der Waals surface area contributed by atoms with Crippen LogP contribution < -0.4 is 21.3 Å². The molecule has 630 valence electrons. The molecule has 12 aromatic rings. The van der Waals surface area contributed by atoms with E-state index < -0.39 is 94.8 Å². The maximum atomic E-state index is 12.8. The first-order valence-corrected chi connectivity index (χ1v) is 33.6. The molecule has 2 saturated heterocycles. The van der Waals surface area contributed by atoms with Crippen molar-refractivity contribution in [3.8, 4) is 28.6 Å². The first-order valence-electron chi connectivity index (χ1n) is 33.6. The lowest BCUT2D eigenvalue weighted by Gasteiger charge is -2.39. The van der Waals surface area contributed by atoms with Gasteiger partial charge in [-0.25, -0.2) is 60.2 Å². The number of rotatable bonds is 18. The summed E-state index contributed by atoms with van der Waals surface area (Å²) in [5.74, 6) is -5.70. The van der Waals surface area contributed by atoms with Gasteiger partial charge in [0.15, 0.2) is 0 Å². The molecule has 52 heteroatoms. The quantitative estimate of drug-likeness (QED) is 0.0107. The zero-order chi connectivity index (χ0) is 87.4. The Balaban J connectivity index is 0.000000214. The van der Waals surface area contributed by atoms with Crippen LogP contribution in [-0.4, -0.2) is 191 Å². The summed E-state index contributed by atoms with van der Waals surface area (Å²) in [4.78, 5) is 104. The van der Waals surface area contributed by atoms with Crippen molar-refractivity contribution in [2.45, 2.75) is 32.7 Å². The van der Waals surface area contributed by atoms with E-state index in [2.05, 4.69) is 76.5 Å². The van der Waals surface area contributed by atoms with Gasteiger partial charge in [0.05, 0.1) is 72.7 Å². The van der Waals surface area contributed by atoms with Gasteiger partial charge in [-0.05, 0) is 159 Å². The number of aromatic nitrogens is 14. The molecule has 0 aliphatic carbocycles. The molecule has 2 aliphatic rings. The number of nitro groups is 6. The highest BCUT2D eigenvalue weighted by atomic mass is 35.5. The number of piperidine rings is 1. The number of ether oxygens (including phenoxy) is 3. The third-order valence-electron chi connectivity index (χ3n) is 16.3. The molecular weight excluding hydrogens is 1630 g/mol. The second-order valence-electron chi connectivity index (χ2n) is 24.4. The minimum absolute atomic E-state index is 0. The van der Waals surface area contributed by atoms with Gasteiger partial charge in [-0.1, -0.05) is 12.1 Å². The Kier molecular flexibility index (Phi) is 34.1. The van der Waals surface area contributed by atoms with E-state index in [4.69, 9.17) is 20.9 Å². The average molecular weight is 1700 g/mol. The number of nitrogens with two attached hydrogens (primary N) is 1. The number of halogens is 6. The van der Waals surface area contributed by atoms with Crippen molar-refractivity contribution in [2.24, 2.45) is 12.5 Å². The van der Waals surface area contributed by atoms with Crippen LogP contribution in [0.4, 0.5) is 61.9 Å². The molecule has 2 fully saturated rings. The molecule has 1 unspecified atom stereocenters. The van der Waals surface area contributed by atoms with E-state index in [1.165, 1.54) is 182 Å². The van der Waals surface area contributed by atoms with Crippen molar-refractivity contribution >= 4 is 89.3 Å². The normalized spacial score (nSPS) is 12.8. The lowest BCUT2D eigenvalue weighted by atomic mass is 9.79. The van der Waals surface area contributed by atoms with Crippen LogP contribution in [-0.2, 0) is 27.9 Å². The summed E-state index contributed by atoms with van der Waals surface area (Å²) in [5, 5.41) is 123. The Morgan fingerprint density at radius 3 is 1.37 bits per heavy atom. The van der Waals surface area contributed by atoms with Gasteiger partial charge < -0.3 is 40.4 Å². The van der Waals surface area contributed by atoms with Crippen LogP contribution in [0.3, 0.4) is 0 Å². The number of nitrogens with one attached hydrogen (secondary N) is 3. The van der Waals surface area contributed by atoms with Gasteiger partial charge in [0.2, 0.25) is 22.9 Å². The number of nitrogens with zero attached hydrogens (tertiary/aromatic N) is 19. The minimum Gasteiger partial charge on any atom is -0.476 e. The van der Waals surface area contributed by atoms with Crippen molar-refractivity contribution in [1.29, 1.82) is 0 Å². The van der Waals surface area contributed by atoms with Crippen LogP contribution in [0.1, 0.15) is 62.0 Å². The highest BCUT2D eigenvalue weighted by Crippen LogP contribution is 2.36. The van der Waals surface area contributed by atoms with E-state index >= 15 is 0 Å². The fourth-order valence-electron chi connectivity index (χ4n) is 10.7. The number of esters is 2. The number of carbonyl (C=O) groups is 4. The van der Waals surface area contributed by atoms with Crippen molar-refractivity contribution in [1.82, 2.24) is 79.5 Å². The molecule has 0 bridgehead atoms. The highest BCUT2D eigenvalue weighted by molar-refractivity contribution is 6.58. The SMILES string of the molecule is COC(=O)c1[nH]ncc1[N+](=O)[O-].COC(=O)c1nn(-c2ccc(F)cc2)cc1[N+](=O)[O-].Cc1nn(-c2ccc(F)cc2)cc1[N+](=O)[O-].Cl.Cn1cc(CN2CCCC3(CCNC3)C2)cn1.Nc1nn(-c2ccc(F)cc2)cc1[N+](=O)[O-].O=C(O)c1nn(-c2ccc(F)cc2)cc1[N+](=O)[O-].O=COc1[nH]ncc1[N+](=O)[O-].OB(O)c1ccc(F)cc1. The van der Waals surface area contributed by atoms with Gasteiger partial charge in [-0.3, -0.25) is 80.2 Å². The van der Waals surface area contributed by atoms with Crippen molar-refractivity contribution < 1.29 is 100 Å². The fraction of sp³-hybridized carbons (Fsp3) is 0.191. The third-order valence-corrected chi connectivity index (χ3v) is 16.3. The number of aromatic amines is 2. The molecule has 5 aromatic carbocycles. The molecule has 14 rings (SSSR count). The number of aryl methyl sites for hydroxylation is 2. The van der Waals surface area contributed by atoms with Crippen LogP contribution in [0, 0.1) is 102 Å². The standard InChI is InChI=1S/C13H22N4.C11H8FN3O4.C10H6FN3O4.C10H8FN3O2.C9H7FN4O2.C6H6BFO2.C5H5N3O4.C4H3N3O4.ClH/c1-16-8-12(7-15-16)9-17-6-2-3-13(11-17)4-5-14-10-13;1-19-11(16)10-9(15(17)18)6-14(13-10)8-4-2-7(12)3-5-8;11-6-1-3-7(4-2-6)13-5-8(14(17)18)9(12-13)10(15)16;1-7-10(14(15)16)6-13(12-7)9-4-2-8(11)3-5-9;10-6-1-3-7(4-2-6)13-5-8(14(15)16)9(11)12-13;8-6-3-1-5(2-4-6)7(9)10;1-12-5(9)4-3(8(10)11)2-6-7-4;8-2-11-4-3(7(9)10)1-5-6-4;/h7-8,14H,2-6,9-11H2,1H3;2-6H,1H3;1-5H,(H,15,16);2-6H,1H3;1-5H,(H2,11,12);1-4,9-10H;2H,1H3,(H,6,7);1-2H,(H,5,6);1H. The Hall–Kier alpha value is -15.5. The number of likely N-dealkylation sites (tertiary alicyclic amines) is 1. The number of benzene rings is 5. The summed E-state index contributed by atoms with van der Waals surface area (Å²) < 4.78 is 82.5. The molecule has 1 spiro atoms. The molecule has 1 atom stereocenters. The summed E-state index contributed by atoms with van der Waals surface area (Å²) in [5.41, 5.74) is 6.21. The lowest BCUT2D eigenvalue weighted by Crippen LogP contribution is -2.43. The van der Waals surface area contributed by atoms with Crippen molar-refractivity contribution in [3.05, 3.63) is 289 Å². The van der Waals surface area contributed by atoms with Crippen LogP contribution >= 0.6 is 12.4 Å². The predicted molar refractivity (Wildman–Crippen MR) is 408 cm³/mol. The minimum atomic E-state index is -1.51. The highest BCUT2D eigenvalue weighted by Gasteiger charge is 2.38. The third kappa shape index (κ3) is 26.5. The molecule has 120 heavy (non-hydrogen) atoms. The average Bonchev–Trinajstić information content (AvgIpc) is 1.70. The smallest absolute Gasteiger partial charge is 0.476 e. The number of hydrogen-bond acceptors (Lipinski definition) is 31. The van der Waals surface area contributed by atoms with E-state index in [-0.39, 0.29) is 70.7 Å². The second kappa shape index (κ2) is 43.8. The van der Waals surface area contributed by atoms with Crippen LogP contribution in [0.2, 0.25) is 0 Å². The Morgan fingerprint density at radius 2 is 0.975 bits per heavy atom. The van der Waals surface area contributed by atoms with E-state index in [9.17, 15) is 102 Å². The largest absolute Gasteiger partial charge is 0.488 e. The van der Waals surface area contributed by atoms with Crippen LogP contribution in [0.15, 0.2) is 171 Å². The fourth-order valence-corrected chi connectivity index (χ4v) is 10.7. The number of aromatic carboxylic acids is 1. The Bertz CT molecular complexity index is 5380. The molecule has 8 N–H and O–H groups in total. The molecule has 0 radical (unpaired) electrons. The first kappa shape index (κ1) is 93.4. The summed E-state index contributed by atoms with van der Waals surface area (Å²) >= 11 is 0. The Labute approximate surface area is 675 Å². The van der Waals surface area contributed by atoms with E-state index in [1.807, 2.05) is 17.9 Å². The number of hydrogen-bond donors (Lipinski definition) is 7. The van der Waals surface area contributed by atoms with Gasteiger partial charge in [-0.2, -0.15) is 30.6 Å². The van der Waals surface area contributed by atoms with Gasteiger partial charge in [0, 0.05) is 38.4 Å². The summed E-state index contributed by atoms with van der Waals surface area (Å²) in [6.45, 7) is 7.64. The molecular formula is C68H66BClF5N23O22. The number of nitrogen functional groups attached to an aromatic ring is 1. The van der Waals surface area contributed by atoms with Gasteiger partial charge in [0.1, 0.15) is 72.0 Å². The topological polar surface area (TPSA) is 603 Å². The maximum absolute atomic E-state index is 12.8. The Morgan fingerprint density at radius 1 is 0.558 bits per heavy atom. The molecule has 0 amide bonds. The molecule has 0 saturated carbocycles. The van der Waals surface area contributed by atoms with Crippen LogP contribution in [0.25, 0.3) is 22.7 Å². The monoisotopic (exact) mass is 1700 g/mol. The van der Waals surface area contributed by atoms with Gasteiger partial charge in [0.25, 0.3) is 12.4 Å². The van der Waals surface area contributed by atoms with Crippen molar-refractivity contribution in [3.63, 3.8) is 0 Å². The number of carbonyl (C=O) groups excluding carboxylic acids is 3. The number of carboxylic acids is 1. The number of carboxylic acid groups (broad SMARTS) is 1. The van der Waals surface area contributed by atoms with Gasteiger partial charge in [-0.15, -0.1) is 17.5 Å². The number of H-pyrrole nitrogens is 2. The zero-order valence-electron chi connectivity index (χ0n) is 62.4.